The molecule has 92 valence electrons. The molecule has 0 atom stereocenters. The topological polar surface area (TPSA) is 40.7 Å². The van der Waals surface area contributed by atoms with Crippen molar-refractivity contribution in [1.29, 1.82) is 0 Å². The second-order valence-corrected chi connectivity index (χ2v) is 5.18. The van der Waals surface area contributed by atoms with E-state index in [0.29, 0.717) is 5.41 Å². The zero-order valence-electron chi connectivity index (χ0n) is 10.4. The van der Waals surface area contributed by atoms with Crippen molar-refractivity contribution in [3.05, 3.63) is 17.0 Å². The van der Waals surface area contributed by atoms with Crippen molar-refractivity contribution in [1.82, 2.24) is 15.5 Å². The largest absolute Gasteiger partial charge is 0.312 e. The minimum atomic E-state index is 0. The molecular weight excluding hydrogens is 222 g/mol. The normalized spacial score (nSPS) is 17.7. The first-order valence-electron chi connectivity index (χ1n) is 5.82. The molecule has 16 heavy (non-hydrogen) atoms. The molecule has 2 N–H and O–H groups in total. The van der Waals surface area contributed by atoms with Crippen LogP contribution < -0.4 is 5.32 Å². The number of aryl methyl sites for hydroxylation is 2. The van der Waals surface area contributed by atoms with Crippen molar-refractivity contribution in [3.63, 3.8) is 0 Å². The first kappa shape index (κ1) is 13.5. The van der Waals surface area contributed by atoms with Gasteiger partial charge in [-0.15, -0.1) is 12.4 Å². The molecule has 4 heteroatoms. The Labute approximate surface area is 104 Å². The number of hydrogen-bond donors (Lipinski definition) is 2. The summed E-state index contributed by atoms with van der Waals surface area (Å²) >= 11 is 0. The van der Waals surface area contributed by atoms with Crippen LogP contribution in [0.25, 0.3) is 0 Å². The Morgan fingerprint density at radius 2 is 2.06 bits per heavy atom. The minimum Gasteiger partial charge on any atom is -0.312 e. The molecule has 1 aromatic heterocycles. The molecule has 0 aromatic carbocycles. The van der Waals surface area contributed by atoms with Gasteiger partial charge in [0.2, 0.25) is 0 Å². The molecule has 1 aliphatic carbocycles. The second kappa shape index (κ2) is 5.19. The van der Waals surface area contributed by atoms with Crippen molar-refractivity contribution in [2.45, 2.75) is 46.6 Å². The number of halogens is 1. The Morgan fingerprint density at radius 3 is 2.50 bits per heavy atom. The fourth-order valence-corrected chi connectivity index (χ4v) is 2.28. The Hall–Kier alpha value is -0.540. The molecule has 1 fully saturated rings. The smallest absolute Gasteiger partial charge is 0.0638 e. The molecule has 0 aliphatic heterocycles. The summed E-state index contributed by atoms with van der Waals surface area (Å²) in [7, 11) is 0. The van der Waals surface area contributed by atoms with Crippen molar-refractivity contribution < 1.29 is 0 Å². The van der Waals surface area contributed by atoms with Gasteiger partial charge in [-0.25, -0.2) is 0 Å². The fourth-order valence-electron chi connectivity index (χ4n) is 2.28. The Morgan fingerprint density at radius 1 is 1.38 bits per heavy atom. The molecule has 1 saturated carbocycles. The third-order valence-corrected chi connectivity index (χ3v) is 3.69. The van der Waals surface area contributed by atoms with E-state index in [9.17, 15) is 0 Å². The average Bonchev–Trinajstić information content (AvgIpc) is 2.46. The van der Waals surface area contributed by atoms with Crippen LogP contribution in [0.1, 0.15) is 43.1 Å². The molecule has 0 radical (unpaired) electrons. The van der Waals surface area contributed by atoms with Gasteiger partial charge in [-0.3, -0.25) is 5.10 Å². The molecule has 3 nitrogen and oxygen atoms in total. The highest BCUT2D eigenvalue weighted by atomic mass is 35.5. The fraction of sp³-hybridized carbons (Fsp3) is 0.750. The van der Waals surface area contributed by atoms with E-state index >= 15 is 0 Å². The van der Waals surface area contributed by atoms with Crippen LogP contribution in [0.3, 0.4) is 0 Å². The number of nitrogens with one attached hydrogen (secondary N) is 2. The van der Waals surface area contributed by atoms with Crippen LogP contribution in [0.5, 0.6) is 0 Å². The number of hydrogen-bond acceptors (Lipinski definition) is 2. The average molecular weight is 244 g/mol. The van der Waals surface area contributed by atoms with Crippen LogP contribution in [-0.2, 0) is 6.54 Å². The van der Waals surface area contributed by atoms with Crippen molar-refractivity contribution in [3.8, 4) is 0 Å². The highest BCUT2D eigenvalue weighted by Crippen LogP contribution is 2.39. The molecule has 0 amide bonds. The summed E-state index contributed by atoms with van der Waals surface area (Å²) in [6.07, 6.45) is 4.16. The molecule has 1 aromatic rings. The van der Waals surface area contributed by atoms with Crippen LogP contribution in [0.4, 0.5) is 0 Å². The number of aromatic amines is 1. The number of H-pyrrole nitrogens is 1. The van der Waals surface area contributed by atoms with Gasteiger partial charge in [-0.05, 0) is 32.1 Å². The Kier molecular flexibility index (Phi) is 4.39. The lowest BCUT2D eigenvalue weighted by atomic mass is 9.70. The van der Waals surface area contributed by atoms with E-state index in [-0.39, 0.29) is 12.4 Å². The van der Waals surface area contributed by atoms with Gasteiger partial charge in [-0.2, -0.15) is 5.10 Å². The molecule has 1 aliphatic rings. The maximum atomic E-state index is 4.20. The van der Waals surface area contributed by atoms with Crippen LogP contribution in [-0.4, -0.2) is 16.7 Å². The van der Waals surface area contributed by atoms with E-state index in [2.05, 4.69) is 36.3 Å². The molecule has 0 bridgehead atoms. The van der Waals surface area contributed by atoms with E-state index in [1.54, 1.807) is 0 Å². The summed E-state index contributed by atoms with van der Waals surface area (Å²) in [5, 5.41) is 10.8. The number of aromatic nitrogens is 2. The number of rotatable bonds is 4. The summed E-state index contributed by atoms with van der Waals surface area (Å²) < 4.78 is 0. The maximum Gasteiger partial charge on any atom is 0.0638 e. The number of nitrogens with zero attached hydrogens (tertiary/aromatic N) is 1. The zero-order chi connectivity index (χ0) is 10.9. The van der Waals surface area contributed by atoms with E-state index < -0.39 is 0 Å². The Bertz CT molecular complexity index is 323. The first-order valence-corrected chi connectivity index (χ1v) is 5.82. The van der Waals surface area contributed by atoms with Crippen LogP contribution in [0, 0.1) is 19.3 Å². The SMILES string of the molecule is Cc1n[nH]c(C)c1CNCC1(C)CCC1.Cl. The molecule has 1 heterocycles. The van der Waals surface area contributed by atoms with Gasteiger partial charge in [0.15, 0.2) is 0 Å². The van der Waals surface area contributed by atoms with Crippen LogP contribution in [0.15, 0.2) is 0 Å². The summed E-state index contributed by atoms with van der Waals surface area (Å²) in [5.74, 6) is 0. The highest BCUT2D eigenvalue weighted by Gasteiger charge is 2.30. The van der Waals surface area contributed by atoms with E-state index in [1.807, 2.05) is 0 Å². The molecule has 2 rings (SSSR count). The standard InChI is InChI=1S/C12H21N3.ClH/c1-9-11(10(2)15-14-9)7-13-8-12(3)5-4-6-12;/h13H,4-8H2,1-3H3,(H,14,15);1H. The summed E-state index contributed by atoms with van der Waals surface area (Å²) in [5.41, 5.74) is 4.21. The maximum absolute atomic E-state index is 4.20. The Balaban J connectivity index is 0.00000128. The highest BCUT2D eigenvalue weighted by molar-refractivity contribution is 5.85. The molecule has 0 unspecified atom stereocenters. The minimum absolute atomic E-state index is 0. The summed E-state index contributed by atoms with van der Waals surface area (Å²) in [6, 6.07) is 0. The predicted molar refractivity (Wildman–Crippen MR) is 69.0 cm³/mol. The van der Waals surface area contributed by atoms with Gasteiger partial charge < -0.3 is 5.32 Å². The molecule has 0 saturated heterocycles. The van der Waals surface area contributed by atoms with Crippen LogP contribution >= 0.6 is 12.4 Å². The third kappa shape index (κ3) is 2.77. The second-order valence-electron chi connectivity index (χ2n) is 5.18. The van der Waals surface area contributed by atoms with Gasteiger partial charge in [-0.1, -0.05) is 13.3 Å². The summed E-state index contributed by atoms with van der Waals surface area (Å²) in [6.45, 7) is 8.60. The van der Waals surface area contributed by atoms with Crippen molar-refractivity contribution >= 4 is 12.4 Å². The van der Waals surface area contributed by atoms with Crippen LogP contribution in [0.2, 0.25) is 0 Å². The lowest BCUT2D eigenvalue weighted by Gasteiger charge is -2.38. The van der Waals surface area contributed by atoms with E-state index in [0.717, 1.165) is 18.8 Å². The van der Waals surface area contributed by atoms with Gasteiger partial charge in [0.25, 0.3) is 0 Å². The zero-order valence-corrected chi connectivity index (χ0v) is 11.2. The lowest BCUT2D eigenvalue weighted by Crippen LogP contribution is -2.37. The monoisotopic (exact) mass is 243 g/mol. The van der Waals surface area contributed by atoms with Crippen molar-refractivity contribution in [2.24, 2.45) is 5.41 Å². The van der Waals surface area contributed by atoms with Crippen molar-refractivity contribution in [2.75, 3.05) is 6.54 Å². The quantitative estimate of drug-likeness (QED) is 0.854. The van der Waals surface area contributed by atoms with Gasteiger partial charge >= 0.3 is 0 Å². The van der Waals surface area contributed by atoms with Gasteiger partial charge in [0, 0.05) is 24.3 Å². The summed E-state index contributed by atoms with van der Waals surface area (Å²) in [4.78, 5) is 0. The molecule has 0 spiro atoms. The first-order chi connectivity index (χ1) is 7.11. The van der Waals surface area contributed by atoms with Gasteiger partial charge in [0.05, 0.1) is 5.69 Å². The van der Waals surface area contributed by atoms with E-state index in [4.69, 9.17) is 0 Å². The molecular formula is C12H22ClN3. The van der Waals surface area contributed by atoms with E-state index in [1.165, 1.54) is 30.5 Å². The van der Waals surface area contributed by atoms with Gasteiger partial charge in [0.1, 0.15) is 0 Å². The third-order valence-electron chi connectivity index (χ3n) is 3.69. The predicted octanol–water partition coefficient (Wildman–Crippen LogP) is 2.73. The lowest BCUT2D eigenvalue weighted by molar-refractivity contribution is 0.156.